The van der Waals surface area contributed by atoms with Crippen LogP contribution in [0.2, 0.25) is 0 Å². The van der Waals surface area contributed by atoms with Gasteiger partial charge in [0.15, 0.2) is 0 Å². The molecule has 0 fully saturated rings. The Balaban J connectivity index is 2.09. The molecule has 1 heterocycles. The Morgan fingerprint density at radius 1 is 0.759 bits per heavy atom. The van der Waals surface area contributed by atoms with Crippen LogP contribution in [0, 0.1) is 23.7 Å². The van der Waals surface area contributed by atoms with E-state index in [-0.39, 0.29) is 10.8 Å². The predicted octanol–water partition coefficient (Wildman–Crippen LogP) is 7.28. The van der Waals surface area contributed by atoms with Crippen LogP contribution in [0.3, 0.4) is 0 Å². The maximum Gasteiger partial charge on any atom is 0.116 e. The number of hydrogen-bond acceptors (Lipinski definition) is 1. The Morgan fingerprint density at radius 2 is 1.24 bits per heavy atom. The van der Waals surface area contributed by atoms with E-state index in [2.05, 4.69) is 103 Å². The summed E-state index contributed by atoms with van der Waals surface area (Å²) < 4.78 is 0. The van der Waals surface area contributed by atoms with Crippen LogP contribution in [0.5, 0.6) is 0 Å². The first-order chi connectivity index (χ1) is 13.6. The minimum absolute atomic E-state index is 0.00707. The Kier molecular flexibility index (Phi) is 6.13. The highest BCUT2D eigenvalue weighted by Gasteiger charge is 2.41. The first kappa shape index (κ1) is 21.9. The molecule has 0 aromatic carbocycles. The maximum absolute atomic E-state index is 5.01. The number of nitrogens with zero attached hydrogens (tertiary/aromatic N) is 1. The summed E-state index contributed by atoms with van der Waals surface area (Å²) in [7, 11) is 0. The molecule has 0 radical (unpaired) electrons. The lowest BCUT2D eigenvalue weighted by Crippen LogP contribution is -2.35. The molecule has 0 amide bonds. The molecule has 29 heavy (non-hydrogen) atoms. The Morgan fingerprint density at radius 3 is 1.72 bits per heavy atom. The predicted molar refractivity (Wildman–Crippen MR) is 125 cm³/mol. The highest BCUT2D eigenvalue weighted by Crippen LogP contribution is 2.45. The number of aromatic amines is 1. The number of nitrogens with one attached hydrogen (secondary N) is 1. The Hall–Kier alpha value is -1.83. The summed E-state index contributed by atoms with van der Waals surface area (Å²) in [5.41, 5.74) is 4.05. The van der Waals surface area contributed by atoms with Gasteiger partial charge < -0.3 is 4.98 Å². The zero-order valence-corrected chi connectivity index (χ0v) is 19.7. The highest BCUT2D eigenvalue weighted by atomic mass is 15.0. The van der Waals surface area contributed by atoms with E-state index in [1.54, 1.807) is 0 Å². The number of allylic oxidation sites excluding steroid dienone is 8. The van der Waals surface area contributed by atoms with E-state index >= 15 is 0 Å². The number of hydrogen-bond donors (Lipinski definition) is 1. The van der Waals surface area contributed by atoms with Gasteiger partial charge in [0.2, 0.25) is 0 Å². The summed E-state index contributed by atoms with van der Waals surface area (Å²) in [4.78, 5) is 8.86. The van der Waals surface area contributed by atoms with Crippen LogP contribution in [0.1, 0.15) is 79.7 Å². The normalized spacial score (nSPS) is 27.3. The lowest BCUT2D eigenvalue weighted by Gasteiger charge is -2.38. The van der Waals surface area contributed by atoms with E-state index in [9.17, 15) is 0 Å². The van der Waals surface area contributed by atoms with Crippen molar-refractivity contribution in [3.8, 4) is 0 Å². The van der Waals surface area contributed by atoms with E-state index in [1.165, 1.54) is 16.8 Å². The second-order valence-electron chi connectivity index (χ2n) is 10.3. The fraction of sp³-hybridized carbons (Fsp3) is 0.593. The van der Waals surface area contributed by atoms with Gasteiger partial charge in [0, 0.05) is 17.3 Å². The molecule has 2 aliphatic rings. The minimum atomic E-state index is -0.0557. The van der Waals surface area contributed by atoms with Crippen LogP contribution in [-0.2, 0) is 10.8 Å². The summed E-state index contributed by atoms with van der Waals surface area (Å²) >= 11 is 0. The van der Waals surface area contributed by atoms with Gasteiger partial charge in [-0.2, -0.15) is 0 Å². The zero-order chi connectivity index (χ0) is 21.4. The van der Waals surface area contributed by atoms with Crippen LogP contribution in [0.4, 0.5) is 0 Å². The fourth-order valence-corrected chi connectivity index (χ4v) is 4.84. The number of rotatable bonds is 6. The molecular formula is C27H40N2. The van der Waals surface area contributed by atoms with Gasteiger partial charge in [-0.15, -0.1) is 0 Å². The first-order valence-electron chi connectivity index (χ1n) is 11.5. The Labute approximate surface area is 178 Å². The third-order valence-electron chi connectivity index (χ3n) is 7.29. The molecule has 1 aromatic rings. The quantitative estimate of drug-likeness (QED) is 0.541. The highest BCUT2D eigenvalue weighted by molar-refractivity contribution is 5.40. The topological polar surface area (TPSA) is 28.7 Å². The molecule has 2 atom stereocenters. The number of imidazole rings is 1. The van der Waals surface area contributed by atoms with Gasteiger partial charge in [0.1, 0.15) is 5.82 Å². The largest absolute Gasteiger partial charge is 0.344 e. The van der Waals surface area contributed by atoms with Gasteiger partial charge in [-0.3, -0.25) is 0 Å². The van der Waals surface area contributed by atoms with Crippen molar-refractivity contribution in [2.45, 2.75) is 79.1 Å². The second-order valence-corrected chi connectivity index (χ2v) is 10.3. The average molecular weight is 393 g/mol. The maximum atomic E-state index is 5.01. The molecule has 0 saturated heterocycles. The third kappa shape index (κ3) is 3.83. The molecule has 0 aliphatic heterocycles. The van der Waals surface area contributed by atoms with Gasteiger partial charge in [-0.25, -0.2) is 4.98 Å². The van der Waals surface area contributed by atoms with Crippen LogP contribution in [0.25, 0.3) is 0 Å². The lowest BCUT2D eigenvalue weighted by molar-refractivity contribution is 0.352. The van der Waals surface area contributed by atoms with Crippen molar-refractivity contribution in [3.63, 3.8) is 0 Å². The van der Waals surface area contributed by atoms with Crippen LogP contribution in [-0.4, -0.2) is 9.97 Å². The van der Waals surface area contributed by atoms with Gasteiger partial charge in [-0.1, -0.05) is 91.8 Å². The molecule has 3 rings (SSSR count). The molecular weight excluding hydrogens is 352 g/mol. The molecule has 158 valence electrons. The monoisotopic (exact) mass is 392 g/mol. The van der Waals surface area contributed by atoms with Gasteiger partial charge >= 0.3 is 0 Å². The van der Waals surface area contributed by atoms with Crippen molar-refractivity contribution in [1.82, 2.24) is 9.97 Å². The van der Waals surface area contributed by atoms with Crippen molar-refractivity contribution >= 4 is 0 Å². The van der Waals surface area contributed by atoms with Crippen LogP contribution in [0.15, 0.2) is 53.8 Å². The molecule has 1 aromatic heterocycles. The van der Waals surface area contributed by atoms with Crippen molar-refractivity contribution in [2.24, 2.45) is 23.7 Å². The molecule has 2 aliphatic carbocycles. The number of aromatic nitrogens is 2. The average Bonchev–Trinajstić information content (AvgIpc) is 3.18. The molecule has 2 heteroatoms. The number of H-pyrrole nitrogens is 1. The molecule has 1 N–H and O–H groups in total. The summed E-state index contributed by atoms with van der Waals surface area (Å²) in [6, 6.07) is 0. The molecule has 2 nitrogen and oxygen atoms in total. The molecule has 0 spiro atoms. The summed E-state index contributed by atoms with van der Waals surface area (Å²) in [5.74, 6) is 3.16. The standard InChI is InChI=1S/C27H40N2/c1-18(2)22-11-9-13-26(15-22,20(5)6)24-17-28-25(29-24)27(21(7)8)14-10-12-23(16-27)19(3)4/h9-12,15-21H,13-14H2,1-8H3,(H,28,29). The molecule has 2 unspecified atom stereocenters. The zero-order valence-electron chi connectivity index (χ0n) is 19.7. The first-order valence-corrected chi connectivity index (χ1v) is 11.5. The summed E-state index contributed by atoms with van der Waals surface area (Å²) in [6.45, 7) is 18.5. The third-order valence-corrected chi connectivity index (χ3v) is 7.29. The van der Waals surface area contributed by atoms with Crippen molar-refractivity contribution in [2.75, 3.05) is 0 Å². The lowest BCUT2D eigenvalue weighted by atomic mass is 9.68. The van der Waals surface area contributed by atoms with Gasteiger partial charge in [0.05, 0.1) is 5.41 Å². The molecule has 0 saturated carbocycles. The minimum Gasteiger partial charge on any atom is -0.344 e. The van der Waals surface area contributed by atoms with E-state index in [4.69, 9.17) is 4.98 Å². The van der Waals surface area contributed by atoms with Crippen LogP contribution < -0.4 is 0 Å². The van der Waals surface area contributed by atoms with E-state index in [0.717, 1.165) is 18.7 Å². The van der Waals surface area contributed by atoms with Crippen LogP contribution >= 0.6 is 0 Å². The SMILES string of the molecule is CC(C)C1=CC(c2cnc(C3(C(C)C)C=C(C(C)C)C=CC3)[nH]2)(C(C)C)CC=C1. The summed E-state index contributed by atoms with van der Waals surface area (Å²) in [5, 5.41) is 0. The fourth-order valence-electron chi connectivity index (χ4n) is 4.84. The second kappa shape index (κ2) is 8.13. The van der Waals surface area contributed by atoms with Crippen molar-refractivity contribution in [1.29, 1.82) is 0 Å². The molecule has 0 bridgehead atoms. The van der Waals surface area contributed by atoms with E-state index in [0.29, 0.717) is 23.7 Å². The summed E-state index contributed by atoms with van der Waals surface area (Å²) in [6.07, 6.45) is 18.5. The van der Waals surface area contributed by atoms with Crippen molar-refractivity contribution in [3.05, 3.63) is 65.3 Å². The van der Waals surface area contributed by atoms with Gasteiger partial charge in [0.25, 0.3) is 0 Å². The smallest absolute Gasteiger partial charge is 0.116 e. The Bertz CT molecular complexity index is 775. The van der Waals surface area contributed by atoms with E-state index in [1.807, 2.05) is 0 Å². The van der Waals surface area contributed by atoms with Crippen molar-refractivity contribution < 1.29 is 0 Å². The van der Waals surface area contributed by atoms with E-state index < -0.39 is 0 Å². The van der Waals surface area contributed by atoms with Gasteiger partial charge in [-0.05, 0) is 47.7 Å².